The van der Waals surface area contributed by atoms with Crippen molar-refractivity contribution in [2.45, 2.75) is 6.92 Å². The van der Waals surface area contributed by atoms with E-state index < -0.39 is 0 Å². The van der Waals surface area contributed by atoms with Crippen molar-refractivity contribution in [1.82, 2.24) is 39.3 Å². The zero-order valence-corrected chi connectivity index (χ0v) is 65.2. The number of thiophene rings is 3. The first-order valence-corrected chi connectivity index (χ1v) is 31.5. The number of fused-ring (bicyclic) bond motifs is 1. The molecule has 0 radical (unpaired) electrons. The van der Waals surface area contributed by atoms with E-state index in [-0.39, 0.29) is 144 Å². The molecular formula is C75H52Al4Ga2N8O8S3+12. The normalized spacial score (nSPS) is 9.81. The van der Waals surface area contributed by atoms with E-state index in [0.717, 1.165) is 47.1 Å². The second-order valence-corrected chi connectivity index (χ2v) is 23.3. The maximum atomic E-state index is 12.2. The molecule has 0 aliphatic rings. The Morgan fingerprint density at radius 3 is 1.76 bits per heavy atom. The van der Waals surface area contributed by atoms with Crippen molar-refractivity contribution >= 4 is 154 Å². The Morgan fingerprint density at radius 2 is 1.12 bits per heavy atom. The Labute approximate surface area is 658 Å². The molecule has 100 heavy (non-hydrogen) atoms. The molecular weight excluding hydrogens is 1480 g/mol. The molecule has 25 heteroatoms. The Bertz CT molecular complexity index is 4930. The van der Waals surface area contributed by atoms with Crippen LogP contribution in [0.1, 0.15) is 4.88 Å². The number of hydrogen-bond acceptors (Lipinski definition) is 17. The molecule has 0 unspecified atom stereocenters. The fourth-order valence-corrected chi connectivity index (χ4v) is 12.1. The van der Waals surface area contributed by atoms with E-state index in [9.17, 15) is 30.6 Å². The summed E-state index contributed by atoms with van der Waals surface area (Å²) in [6.45, 7) is 2.06. The molecule has 0 saturated heterocycles. The minimum atomic E-state index is -0.153. The van der Waals surface area contributed by atoms with Crippen molar-refractivity contribution in [2.24, 2.45) is 0 Å². The number of pyridine rings is 3. The molecule has 5 aromatic carbocycles. The van der Waals surface area contributed by atoms with Gasteiger partial charge in [0.1, 0.15) is 17.2 Å². The summed E-state index contributed by atoms with van der Waals surface area (Å²) in [6, 6.07) is 72.2. The molecule has 0 spiro atoms. The SMILES string of the molecule is Cc1ccc(-c2sc(-c3ccccc3)cc2[O-])s1.[Al+3].[Al+3].[Al+3].[Al+3].[Ga+3].[Ga+3].[O-]c1c(-c2ccccc2)cnn1-c1ccccn1.[O-]c1c(-c2ccco2)ccc2ccccc12.[O-]c1ccccc1-c1ccc(-c2ccccn2)o1.[O-]c1cccn1-c1cnccn1.[O-]c1ncccc1-c1cccs1. The third-order valence-corrected chi connectivity index (χ3v) is 17.1. The van der Waals surface area contributed by atoms with Gasteiger partial charge in [-0.3, -0.25) is 15.0 Å². The van der Waals surface area contributed by atoms with Gasteiger partial charge in [-0.05, 0) is 125 Å². The largest absolute Gasteiger partial charge is 3.00 e. The summed E-state index contributed by atoms with van der Waals surface area (Å²) in [5.41, 5.74) is 5.19. The fraction of sp³-hybridized carbons (Fsp3) is 0.0133. The van der Waals surface area contributed by atoms with Crippen LogP contribution in [0.2, 0.25) is 0 Å². The number of aryl methyl sites for hydroxylation is 1. The molecule has 0 aliphatic carbocycles. The van der Waals surface area contributed by atoms with Gasteiger partial charge < -0.3 is 44.0 Å². The average molecular weight is 1540 g/mol. The van der Waals surface area contributed by atoms with Crippen molar-refractivity contribution in [1.29, 1.82) is 0 Å². The third-order valence-electron chi connectivity index (χ3n) is 13.8. The average Bonchev–Trinajstić information content (AvgIpc) is 1.38. The van der Waals surface area contributed by atoms with Crippen LogP contribution in [0.3, 0.4) is 0 Å². The molecule has 16 aromatic rings. The zero-order chi connectivity index (χ0) is 65.0. The summed E-state index contributed by atoms with van der Waals surface area (Å²) in [6.07, 6.45) is 14.3. The van der Waals surface area contributed by atoms with E-state index in [1.54, 1.807) is 150 Å². The van der Waals surface area contributed by atoms with Gasteiger partial charge in [0.05, 0.1) is 18.7 Å². The van der Waals surface area contributed by atoms with Gasteiger partial charge in [-0.2, -0.15) is 5.10 Å². The summed E-state index contributed by atoms with van der Waals surface area (Å²) < 4.78 is 13.7. The number of nitrogens with zero attached hydrogens (tertiary/aromatic N) is 8. The molecule has 0 aliphatic heterocycles. The summed E-state index contributed by atoms with van der Waals surface area (Å²) in [4.78, 5) is 25.0. The molecule has 16 nitrogen and oxygen atoms in total. The second-order valence-electron chi connectivity index (χ2n) is 20.0. The third kappa shape index (κ3) is 21.4. The molecule has 0 N–H and O–H groups in total. The van der Waals surface area contributed by atoms with Crippen molar-refractivity contribution in [2.75, 3.05) is 0 Å². The molecule has 11 aromatic heterocycles. The van der Waals surface area contributed by atoms with Gasteiger partial charge in [0.15, 0.2) is 17.4 Å². The van der Waals surface area contributed by atoms with Gasteiger partial charge in [-0.25, -0.2) is 14.6 Å². The number of para-hydroxylation sites is 1. The van der Waals surface area contributed by atoms with Crippen molar-refractivity contribution < 1.29 is 39.5 Å². The van der Waals surface area contributed by atoms with Crippen LogP contribution in [0.4, 0.5) is 0 Å². The first-order valence-electron chi connectivity index (χ1n) is 29.0. The van der Waals surface area contributed by atoms with Crippen LogP contribution in [0.15, 0.2) is 307 Å². The monoisotopic (exact) mass is 1530 g/mol. The van der Waals surface area contributed by atoms with E-state index in [0.29, 0.717) is 51.2 Å². The van der Waals surface area contributed by atoms with Gasteiger partial charge in [0, 0.05) is 89.7 Å². The van der Waals surface area contributed by atoms with E-state index >= 15 is 0 Å². The van der Waals surface area contributed by atoms with E-state index in [2.05, 4.69) is 43.0 Å². The Morgan fingerprint density at radius 1 is 0.440 bits per heavy atom. The number of rotatable bonds is 9. The summed E-state index contributed by atoms with van der Waals surface area (Å²) in [7, 11) is 0. The first-order chi connectivity index (χ1) is 46.1. The molecule has 464 valence electrons. The van der Waals surface area contributed by atoms with E-state index in [1.165, 1.54) is 32.5 Å². The summed E-state index contributed by atoms with van der Waals surface area (Å²) in [5.74, 6) is 2.64. The standard InChI is InChI=1S/C15H11NO2.C15H12OS2.C14H11N3O.C14H10O2.C9H7NOS.C8H7N3O.4Al.2Ga/c17-13-7-2-1-5-11(13)14-8-9-15(18-14)12-6-3-4-10-16-12;1-10-7-8-13(17-10)15-12(16)9-14(18-15)11-5-3-2-4-6-11;18-14-12(11-6-2-1-3-7-11)10-16-17(14)13-8-4-5-9-15-13;15-14-11-5-2-1-4-10(11)7-8-12(14)13-6-3-9-16-13;11-9-7(3-1-5-10-9)8-4-2-6-12-8;12-8-2-1-5-11(8)7-6-9-3-4-10-7;;;;;;/h1-10,17H;2-9,16H,1H3;1-10,18H;1-9,15H;1-6H,(H,10,11);1-6,12H;;;;;;/q;;;;;;6*+3/p-6. The maximum absolute atomic E-state index is 12.2. The minimum Gasteiger partial charge on any atom is -0.872 e. The van der Waals surface area contributed by atoms with Gasteiger partial charge in [-0.1, -0.05) is 175 Å². The van der Waals surface area contributed by atoms with Gasteiger partial charge in [-0.15, -0.1) is 34.0 Å². The smallest absolute Gasteiger partial charge is 0.872 e. The van der Waals surface area contributed by atoms with Gasteiger partial charge in [0.25, 0.3) is 0 Å². The minimum absolute atomic E-state index is 0. The van der Waals surface area contributed by atoms with Crippen LogP contribution in [0.5, 0.6) is 34.9 Å². The number of benzene rings is 5. The molecule has 0 fully saturated rings. The zero-order valence-electron chi connectivity index (χ0n) is 53.3. The Balaban J connectivity index is 0.000000215. The van der Waals surface area contributed by atoms with Crippen LogP contribution in [0.25, 0.3) is 98.3 Å². The molecule has 16 rings (SSSR count). The quantitative estimate of drug-likeness (QED) is 0.122. The Hall–Kier alpha value is -8.76. The van der Waals surface area contributed by atoms with Crippen molar-refractivity contribution in [3.63, 3.8) is 0 Å². The second kappa shape index (κ2) is 41.1. The van der Waals surface area contributed by atoms with Gasteiger partial charge in [0.2, 0.25) is 0 Å². The first kappa shape index (κ1) is 81.9. The van der Waals surface area contributed by atoms with Crippen LogP contribution in [-0.2, 0) is 0 Å². The number of aromatic nitrogens is 8. The number of furan rings is 2. The van der Waals surface area contributed by atoms with Crippen LogP contribution in [-0.4, -0.2) is 148 Å². The van der Waals surface area contributed by atoms with Crippen molar-refractivity contribution in [3.8, 4) is 122 Å². The molecule has 0 bridgehead atoms. The topological polar surface area (TPSA) is 252 Å². The molecule has 0 amide bonds. The fourth-order valence-electron chi connectivity index (χ4n) is 9.29. The summed E-state index contributed by atoms with van der Waals surface area (Å²) in [5, 5.41) is 78.2. The Kier molecular flexibility index (Phi) is 33.7. The predicted octanol–water partition coefficient (Wildman–Crippen LogP) is 12.7. The van der Waals surface area contributed by atoms with Gasteiger partial charge >= 0.3 is 109 Å². The molecule has 0 atom stereocenters. The van der Waals surface area contributed by atoms with Crippen LogP contribution < -0.4 is 30.6 Å². The maximum Gasteiger partial charge on any atom is 3.00 e. The number of hydrogen-bond donors (Lipinski definition) is 0. The van der Waals surface area contributed by atoms with E-state index in [1.807, 2.05) is 157 Å². The molecule has 11 heterocycles. The van der Waals surface area contributed by atoms with Crippen LogP contribution in [0, 0.1) is 6.92 Å². The summed E-state index contributed by atoms with van der Waals surface area (Å²) >= 11 is 4.80. The van der Waals surface area contributed by atoms with E-state index in [4.69, 9.17) is 8.83 Å². The molecule has 0 saturated carbocycles. The predicted molar refractivity (Wildman–Crippen MR) is 394 cm³/mol. The van der Waals surface area contributed by atoms with Crippen molar-refractivity contribution in [3.05, 3.63) is 303 Å². The van der Waals surface area contributed by atoms with Crippen LogP contribution >= 0.6 is 34.0 Å².